The lowest BCUT2D eigenvalue weighted by atomic mass is 10.1. The predicted molar refractivity (Wildman–Crippen MR) is 70.4 cm³/mol. The molecule has 1 rings (SSSR count). The fraction of sp³-hybridized carbons (Fsp3) is 0.417. The smallest absolute Gasteiger partial charge is 0.322 e. The minimum absolute atomic E-state index is 0.0208. The van der Waals surface area contributed by atoms with Gasteiger partial charge in [0.2, 0.25) is 10.0 Å². The van der Waals surface area contributed by atoms with Gasteiger partial charge in [-0.3, -0.25) is 4.79 Å². The molecule has 0 aromatic heterocycles. The van der Waals surface area contributed by atoms with E-state index in [1.165, 1.54) is 7.11 Å². The van der Waals surface area contributed by atoms with Gasteiger partial charge in [0.25, 0.3) is 0 Å². The molecule has 0 radical (unpaired) electrons. The molecule has 6 nitrogen and oxygen atoms in total. The van der Waals surface area contributed by atoms with Crippen LogP contribution < -0.4 is 4.72 Å². The van der Waals surface area contributed by atoms with Gasteiger partial charge in [0.05, 0.1) is 12.4 Å². The number of benzene rings is 1. The number of carbonyl (C=O) groups is 1. The standard InChI is InChI=1S/C12H17NO5S/c1-18-7-8-19(16,17)13-11(12(14)15)9-10-5-3-2-4-6-10/h2-6,11,13H,7-9H2,1H3,(H,14,15)/t11-/m1/s1. The number of hydrogen-bond acceptors (Lipinski definition) is 4. The summed E-state index contributed by atoms with van der Waals surface area (Å²) >= 11 is 0. The maximum Gasteiger partial charge on any atom is 0.322 e. The summed E-state index contributed by atoms with van der Waals surface area (Å²) in [6.45, 7) is 0.0208. The van der Waals surface area contributed by atoms with Gasteiger partial charge >= 0.3 is 5.97 Å². The first-order chi connectivity index (χ1) is 8.94. The molecule has 106 valence electrons. The van der Waals surface area contributed by atoms with Crippen LogP contribution >= 0.6 is 0 Å². The van der Waals surface area contributed by atoms with Crippen LogP contribution in [0.5, 0.6) is 0 Å². The molecule has 0 spiro atoms. The highest BCUT2D eigenvalue weighted by Gasteiger charge is 2.23. The lowest BCUT2D eigenvalue weighted by molar-refractivity contribution is -0.138. The molecular weight excluding hydrogens is 270 g/mol. The van der Waals surface area contributed by atoms with E-state index in [-0.39, 0.29) is 18.8 Å². The summed E-state index contributed by atoms with van der Waals surface area (Å²) in [7, 11) is -2.28. The SMILES string of the molecule is COCCS(=O)(=O)N[C@H](Cc1ccccc1)C(=O)O. The van der Waals surface area contributed by atoms with Crippen LogP contribution in [0.3, 0.4) is 0 Å². The van der Waals surface area contributed by atoms with Crippen molar-refractivity contribution in [2.24, 2.45) is 0 Å². The zero-order valence-electron chi connectivity index (χ0n) is 10.6. The molecular formula is C12H17NO5S. The summed E-state index contributed by atoms with van der Waals surface area (Å²) in [6, 6.07) is 7.67. The molecule has 2 N–H and O–H groups in total. The predicted octanol–water partition coefficient (Wildman–Crippen LogP) is 0.248. The van der Waals surface area contributed by atoms with Gasteiger partial charge in [-0.05, 0) is 12.0 Å². The number of rotatable bonds is 8. The second-order valence-corrected chi connectivity index (χ2v) is 5.88. The van der Waals surface area contributed by atoms with Crippen molar-refractivity contribution in [1.29, 1.82) is 0 Å². The van der Waals surface area contributed by atoms with Gasteiger partial charge in [-0.1, -0.05) is 30.3 Å². The molecule has 0 saturated heterocycles. The Morgan fingerprint density at radius 2 is 2.00 bits per heavy atom. The van der Waals surface area contributed by atoms with Gasteiger partial charge in [0.1, 0.15) is 6.04 Å². The number of hydrogen-bond donors (Lipinski definition) is 2. The Kier molecular flexibility index (Phi) is 5.94. The molecule has 0 fully saturated rings. The maximum atomic E-state index is 11.6. The average molecular weight is 287 g/mol. The second kappa shape index (κ2) is 7.22. The van der Waals surface area contributed by atoms with E-state index in [4.69, 9.17) is 5.11 Å². The molecule has 19 heavy (non-hydrogen) atoms. The van der Waals surface area contributed by atoms with Crippen molar-refractivity contribution in [3.05, 3.63) is 35.9 Å². The quantitative estimate of drug-likeness (QED) is 0.715. The highest BCUT2D eigenvalue weighted by atomic mass is 32.2. The second-order valence-electron chi connectivity index (χ2n) is 4.01. The molecule has 0 aliphatic carbocycles. The van der Waals surface area contributed by atoms with Crippen LogP contribution in [0.15, 0.2) is 30.3 Å². The number of sulfonamides is 1. The summed E-state index contributed by atoms with van der Waals surface area (Å²) in [5.41, 5.74) is 0.754. The number of nitrogens with one attached hydrogen (secondary N) is 1. The van der Waals surface area contributed by atoms with Crippen molar-refractivity contribution >= 4 is 16.0 Å². The van der Waals surface area contributed by atoms with E-state index in [1.54, 1.807) is 24.3 Å². The largest absolute Gasteiger partial charge is 0.480 e. The lowest BCUT2D eigenvalue weighted by Crippen LogP contribution is -2.43. The summed E-state index contributed by atoms with van der Waals surface area (Å²) in [4.78, 5) is 11.1. The fourth-order valence-electron chi connectivity index (χ4n) is 1.50. The molecule has 1 atom stereocenters. The first kappa shape index (κ1) is 15.6. The Morgan fingerprint density at radius 3 is 2.53 bits per heavy atom. The lowest BCUT2D eigenvalue weighted by Gasteiger charge is -2.14. The van der Waals surface area contributed by atoms with Crippen LogP contribution in [0.4, 0.5) is 0 Å². The van der Waals surface area contributed by atoms with E-state index in [9.17, 15) is 13.2 Å². The first-order valence-electron chi connectivity index (χ1n) is 5.70. The molecule has 7 heteroatoms. The average Bonchev–Trinajstić information content (AvgIpc) is 2.36. The Bertz CT molecular complexity index is 500. The van der Waals surface area contributed by atoms with Crippen molar-refractivity contribution in [1.82, 2.24) is 4.72 Å². The van der Waals surface area contributed by atoms with Crippen molar-refractivity contribution in [2.75, 3.05) is 19.5 Å². The van der Waals surface area contributed by atoms with Gasteiger partial charge in [-0.15, -0.1) is 0 Å². The minimum atomic E-state index is -3.66. The minimum Gasteiger partial charge on any atom is -0.480 e. The highest BCUT2D eigenvalue weighted by Crippen LogP contribution is 2.04. The van der Waals surface area contributed by atoms with E-state index in [0.29, 0.717) is 0 Å². The van der Waals surface area contributed by atoms with Crippen LogP contribution in [0.2, 0.25) is 0 Å². The van der Waals surface area contributed by atoms with Crippen LogP contribution in [0.25, 0.3) is 0 Å². The van der Waals surface area contributed by atoms with Crippen molar-refractivity contribution < 1.29 is 23.1 Å². The van der Waals surface area contributed by atoms with E-state index in [1.807, 2.05) is 6.07 Å². The Labute approximate surface area is 112 Å². The molecule has 0 bridgehead atoms. The van der Waals surface area contributed by atoms with Gasteiger partial charge in [-0.2, -0.15) is 0 Å². The molecule has 0 aliphatic heterocycles. The molecule has 1 aromatic carbocycles. The molecule has 0 amide bonds. The maximum absolute atomic E-state index is 11.6. The van der Waals surface area contributed by atoms with E-state index < -0.39 is 22.0 Å². The van der Waals surface area contributed by atoms with Crippen LogP contribution in [0.1, 0.15) is 5.56 Å². The van der Waals surface area contributed by atoms with Crippen LogP contribution in [-0.4, -0.2) is 45.0 Å². The zero-order valence-corrected chi connectivity index (χ0v) is 11.4. The molecule has 1 aromatic rings. The van der Waals surface area contributed by atoms with E-state index in [0.717, 1.165) is 5.56 Å². The Hall–Kier alpha value is -1.44. The van der Waals surface area contributed by atoms with Crippen LogP contribution in [-0.2, 0) is 26.0 Å². The summed E-state index contributed by atoms with van der Waals surface area (Å²) in [5.74, 6) is -1.47. The van der Waals surface area contributed by atoms with Crippen LogP contribution in [0, 0.1) is 0 Å². The summed E-state index contributed by atoms with van der Waals surface area (Å²) in [5, 5.41) is 9.07. The molecule has 0 unspecified atom stereocenters. The van der Waals surface area contributed by atoms with Gasteiger partial charge in [0.15, 0.2) is 0 Å². The summed E-state index contributed by atoms with van der Waals surface area (Å²) < 4.78 is 30.1. The van der Waals surface area contributed by atoms with E-state index in [2.05, 4.69) is 9.46 Å². The van der Waals surface area contributed by atoms with E-state index >= 15 is 0 Å². The van der Waals surface area contributed by atoms with Crippen molar-refractivity contribution in [3.8, 4) is 0 Å². The zero-order chi connectivity index (χ0) is 14.3. The number of methoxy groups -OCH3 is 1. The van der Waals surface area contributed by atoms with Gasteiger partial charge in [-0.25, -0.2) is 13.1 Å². The molecule has 0 heterocycles. The highest BCUT2D eigenvalue weighted by molar-refractivity contribution is 7.89. The normalized spacial score (nSPS) is 13.1. The van der Waals surface area contributed by atoms with Crippen molar-refractivity contribution in [3.63, 3.8) is 0 Å². The summed E-state index contributed by atoms with van der Waals surface area (Å²) in [6.07, 6.45) is 0.0996. The third-order valence-electron chi connectivity index (χ3n) is 2.46. The number of carboxylic acids is 1. The van der Waals surface area contributed by atoms with Crippen molar-refractivity contribution in [2.45, 2.75) is 12.5 Å². The Morgan fingerprint density at radius 1 is 1.37 bits per heavy atom. The third kappa shape index (κ3) is 5.82. The molecule has 0 saturated carbocycles. The number of carboxylic acid groups (broad SMARTS) is 1. The fourth-order valence-corrected chi connectivity index (χ4v) is 2.62. The monoisotopic (exact) mass is 287 g/mol. The molecule has 0 aliphatic rings. The number of aliphatic carboxylic acids is 1. The third-order valence-corrected chi connectivity index (χ3v) is 3.81. The first-order valence-corrected chi connectivity index (χ1v) is 7.35. The van der Waals surface area contributed by atoms with Gasteiger partial charge in [0, 0.05) is 7.11 Å². The Balaban J connectivity index is 2.71. The topological polar surface area (TPSA) is 92.7 Å². The van der Waals surface area contributed by atoms with Gasteiger partial charge < -0.3 is 9.84 Å². The number of ether oxygens (including phenoxy) is 1.